The lowest BCUT2D eigenvalue weighted by atomic mass is 9.71. The molecule has 0 bridgehead atoms. The van der Waals surface area contributed by atoms with Crippen LogP contribution in [0.4, 0.5) is 0 Å². The van der Waals surface area contributed by atoms with Crippen LogP contribution in [-0.4, -0.2) is 36.4 Å². The summed E-state index contributed by atoms with van der Waals surface area (Å²) in [5.74, 6) is 9.41. The highest BCUT2D eigenvalue weighted by Crippen LogP contribution is 2.46. The second-order valence-corrected chi connectivity index (χ2v) is 8.51. The summed E-state index contributed by atoms with van der Waals surface area (Å²) in [6.07, 6.45) is 8.26. The maximum Gasteiger partial charge on any atom is 0.137 e. The van der Waals surface area contributed by atoms with E-state index in [-0.39, 0.29) is 12.6 Å². The van der Waals surface area contributed by atoms with E-state index in [2.05, 4.69) is 68.4 Å². The van der Waals surface area contributed by atoms with Gasteiger partial charge in [0, 0.05) is 30.3 Å². The predicted molar refractivity (Wildman–Crippen MR) is 128 cm³/mol. The molecule has 6 nitrogen and oxygen atoms in total. The summed E-state index contributed by atoms with van der Waals surface area (Å²) < 4.78 is 1.94. The number of imidazole rings is 1. The SMILES string of the molecule is CCc1nccn1[C@@H](C#Cc1ccc(-c2ccc(C3CC(c4ncn[nH]4)C3)cc2)cc1)CO. The summed E-state index contributed by atoms with van der Waals surface area (Å²) in [5, 5.41) is 16.7. The molecule has 33 heavy (non-hydrogen) atoms. The standard InChI is InChI=1S/C27H27N5O/c1-2-26-28-13-14-32(26)25(17-33)12-5-19-3-6-20(7-4-19)21-8-10-22(11-9-21)23-15-24(16-23)27-29-18-30-31-27/h3-4,6-11,13-14,18,23-25,33H,2,15-17H2,1H3,(H,29,30,31)/t23?,24?,25-/m0/s1. The van der Waals surface area contributed by atoms with Crippen LogP contribution in [0.2, 0.25) is 0 Å². The molecule has 6 heteroatoms. The van der Waals surface area contributed by atoms with Crippen LogP contribution < -0.4 is 0 Å². The maximum atomic E-state index is 9.78. The zero-order valence-corrected chi connectivity index (χ0v) is 18.6. The molecule has 4 aromatic rings. The van der Waals surface area contributed by atoms with Crippen molar-refractivity contribution in [2.45, 2.75) is 44.1 Å². The molecular weight excluding hydrogens is 410 g/mol. The van der Waals surface area contributed by atoms with Gasteiger partial charge in [0.25, 0.3) is 0 Å². The van der Waals surface area contributed by atoms with Crippen LogP contribution in [0.15, 0.2) is 67.3 Å². The molecule has 2 heterocycles. The van der Waals surface area contributed by atoms with Crippen LogP contribution >= 0.6 is 0 Å². The molecule has 2 aromatic carbocycles. The molecule has 2 N–H and O–H groups in total. The summed E-state index contributed by atoms with van der Waals surface area (Å²) in [5.41, 5.74) is 4.68. The lowest BCUT2D eigenvalue weighted by molar-refractivity contribution is 0.255. The van der Waals surface area contributed by atoms with Gasteiger partial charge >= 0.3 is 0 Å². The van der Waals surface area contributed by atoms with E-state index in [9.17, 15) is 5.11 Å². The molecule has 166 valence electrons. The van der Waals surface area contributed by atoms with Crippen LogP contribution in [0, 0.1) is 11.8 Å². The number of rotatable bonds is 6. The molecule has 1 atom stereocenters. The minimum Gasteiger partial charge on any atom is -0.393 e. The maximum absolute atomic E-state index is 9.78. The first-order valence-electron chi connectivity index (χ1n) is 11.4. The molecule has 0 unspecified atom stereocenters. The van der Waals surface area contributed by atoms with Gasteiger partial charge in [-0.15, -0.1) is 0 Å². The molecule has 2 aromatic heterocycles. The number of aromatic amines is 1. The Hall–Kier alpha value is -3.69. The molecule has 0 radical (unpaired) electrons. The van der Waals surface area contributed by atoms with Crippen molar-refractivity contribution < 1.29 is 5.11 Å². The number of nitrogens with one attached hydrogen (secondary N) is 1. The fourth-order valence-electron chi connectivity index (χ4n) is 4.49. The Morgan fingerprint density at radius 1 is 1.03 bits per heavy atom. The van der Waals surface area contributed by atoms with E-state index in [0.29, 0.717) is 11.8 Å². The van der Waals surface area contributed by atoms with Gasteiger partial charge in [0.15, 0.2) is 0 Å². The van der Waals surface area contributed by atoms with Gasteiger partial charge in [0.2, 0.25) is 0 Å². The second-order valence-electron chi connectivity index (χ2n) is 8.51. The van der Waals surface area contributed by atoms with E-state index in [1.807, 2.05) is 29.8 Å². The molecule has 1 fully saturated rings. The first-order chi connectivity index (χ1) is 16.2. The molecular formula is C27H27N5O. The highest BCUT2D eigenvalue weighted by molar-refractivity contribution is 5.64. The van der Waals surface area contributed by atoms with Crippen molar-refractivity contribution in [3.63, 3.8) is 0 Å². The second kappa shape index (κ2) is 9.43. The Morgan fingerprint density at radius 2 is 1.76 bits per heavy atom. The largest absolute Gasteiger partial charge is 0.393 e. The number of benzene rings is 2. The van der Waals surface area contributed by atoms with Gasteiger partial charge in [-0.25, -0.2) is 9.97 Å². The van der Waals surface area contributed by atoms with Crippen LogP contribution in [0.25, 0.3) is 11.1 Å². The van der Waals surface area contributed by atoms with Crippen molar-refractivity contribution in [3.05, 3.63) is 90.0 Å². The van der Waals surface area contributed by atoms with Crippen molar-refractivity contribution in [1.82, 2.24) is 24.7 Å². The number of aliphatic hydroxyl groups is 1. The zero-order valence-electron chi connectivity index (χ0n) is 18.6. The van der Waals surface area contributed by atoms with E-state index >= 15 is 0 Å². The van der Waals surface area contributed by atoms with Gasteiger partial charge in [-0.05, 0) is 47.6 Å². The number of aryl methyl sites for hydroxylation is 1. The quantitative estimate of drug-likeness (QED) is 0.436. The average Bonchev–Trinajstić information content (AvgIpc) is 3.52. The Morgan fingerprint density at radius 3 is 2.39 bits per heavy atom. The summed E-state index contributed by atoms with van der Waals surface area (Å²) in [7, 11) is 0. The summed E-state index contributed by atoms with van der Waals surface area (Å²) in [6, 6.07) is 16.9. The summed E-state index contributed by atoms with van der Waals surface area (Å²) >= 11 is 0. The van der Waals surface area contributed by atoms with E-state index in [1.54, 1.807) is 12.5 Å². The smallest absolute Gasteiger partial charge is 0.137 e. The minimum atomic E-state index is -0.287. The highest BCUT2D eigenvalue weighted by atomic mass is 16.3. The van der Waals surface area contributed by atoms with Gasteiger partial charge in [-0.3, -0.25) is 5.10 Å². The Kier molecular flexibility index (Phi) is 6.05. The van der Waals surface area contributed by atoms with E-state index in [0.717, 1.165) is 36.5 Å². The van der Waals surface area contributed by atoms with Crippen molar-refractivity contribution in [1.29, 1.82) is 0 Å². The van der Waals surface area contributed by atoms with Crippen LogP contribution in [0.3, 0.4) is 0 Å². The van der Waals surface area contributed by atoms with Crippen molar-refractivity contribution in [2.75, 3.05) is 6.61 Å². The fraction of sp³-hybridized carbons (Fsp3) is 0.296. The third-order valence-electron chi connectivity index (χ3n) is 6.52. The highest BCUT2D eigenvalue weighted by Gasteiger charge is 2.33. The molecule has 1 aliphatic carbocycles. The van der Waals surface area contributed by atoms with Crippen LogP contribution in [-0.2, 0) is 6.42 Å². The summed E-state index contributed by atoms with van der Waals surface area (Å²) in [4.78, 5) is 8.61. The van der Waals surface area contributed by atoms with Gasteiger partial charge in [0.05, 0.1) is 6.61 Å². The van der Waals surface area contributed by atoms with Crippen molar-refractivity contribution in [2.24, 2.45) is 0 Å². The van der Waals surface area contributed by atoms with E-state index < -0.39 is 0 Å². The van der Waals surface area contributed by atoms with Gasteiger partial charge in [-0.1, -0.05) is 55.2 Å². The predicted octanol–water partition coefficient (Wildman–Crippen LogP) is 4.48. The van der Waals surface area contributed by atoms with Crippen LogP contribution in [0.5, 0.6) is 0 Å². The van der Waals surface area contributed by atoms with E-state index in [4.69, 9.17) is 0 Å². The number of nitrogens with zero attached hydrogens (tertiary/aromatic N) is 4. The first-order valence-corrected chi connectivity index (χ1v) is 11.4. The number of hydrogen-bond donors (Lipinski definition) is 2. The van der Waals surface area contributed by atoms with E-state index in [1.165, 1.54) is 16.7 Å². The molecule has 1 aliphatic rings. The van der Waals surface area contributed by atoms with Crippen molar-refractivity contribution >= 4 is 0 Å². The Balaban J connectivity index is 1.23. The summed E-state index contributed by atoms with van der Waals surface area (Å²) in [6.45, 7) is 2.01. The average molecular weight is 438 g/mol. The third-order valence-corrected chi connectivity index (χ3v) is 6.52. The number of hydrogen-bond acceptors (Lipinski definition) is 4. The lowest BCUT2D eigenvalue weighted by Crippen LogP contribution is -2.21. The zero-order chi connectivity index (χ0) is 22.6. The Bertz CT molecular complexity index is 1240. The molecule has 0 spiro atoms. The van der Waals surface area contributed by atoms with Gasteiger partial charge < -0.3 is 9.67 Å². The topological polar surface area (TPSA) is 79.6 Å². The number of H-pyrrole nitrogens is 1. The fourth-order valence-corrected chi connectivity index (χ4v) is 4.49. The Labute approximate surface area is 193 Å². The molecule has 5 rings (SSSR count). The minimum absolute atomic E-state index is 0.0407. The normalized spacial score (nSPS) is 18.2. The lowest BCUT2D eigenvalue weighted by Gasteiger charge is -2.34. The molecule has 0 aliphatic heterocycles. The number of aliphatic hydroxyl groups excluding tert-OH is 1. The number of aromatic nitrogens is 5. The molecule has 1 saturated carbocycles. The van der Waals surface area contributed by atoms with Gasteiger partial charge in [0.1, 0.15) is 24.0 Å². The first kappa shape index (κ1) is 21.2. The monoisotopic (exact) mass is 437 g/mol. The van der Waals surface area contributed by atoms with Crippen molar-refractivity contribution in [3.8, 4) is 23.0 Å². The van der Waals surface area contributed by atoms with Crippen LogP contribution in [0.1, 0.15) is 60.4 Å². The molecule has 0 amide bonds. The van der Waals surface area contributed by atoms with Gasteiger partial charge in [-0.2, -0.15) is 5.10 Å². The third kappa shape index (κ3) is 4.46. The molecule has 0 saturated heterocycles.